The van der Waals surface area contributed by atoms with Crippen LogP contribution in [0.15, 0.2) is 59.3 Å². The van der Waals surface area contributed by atoms with E-state index in [4.69, 9.17) is 16.3 Å². The summed E-state index contributed by atoms with van der Waals surface area (Å²) in [6.07, 6.45) is 7.18. The van der Waals surface area contributed by atoms with Gasteiger partial charge in [-0.25, -0.2) is 0 Å². The molecule has 0 spiro atoms. The second-order valence-electron chi connectivity index (χ2n) is 9.40. The molecule has 1 N–H and O–H groups in total. The minimum absolute atomic E-state index is 0.0342. The van der Waals surface area contributed by atoms with Gasteiger partial charge in [-0.15, -0.1) is 0 Å². The van der Waals surface area contributed by atoms with Gasteiger partial charge in [0.05, 0.1) is 41.4 Å². The number of carbonyl (C=O) groups is 2. The molecule has 1 amide bonds. The molecule has 186 valence electrons. The monoisotopic (exact) mass is 567 g/mol. The lowest BCUT2D eigenvalue weighted by molar-refractivity contribution is -0.146. The second-order valence-corrected chi connectivity index (χ2v) is 10.6. The molecule has 0 atom stereocenters. The third-order valence-corrected chi connectivity index (χ3v) is 8.37. The molecule has 1 saturated carbocycles. The number of rotatable bonds is 6. The second kappa shape index (κ2) is 10.6. The Morgan fingerprint density at radius 1 is 1.11 bits per heavy atom. The standard InChI is InChI=1S/C28H27BrClN3O3/c1-36-28(35)18-8-6-17(7-9-18)14-32-27(34)24-25(30)23(29)13-20-10-11-33(26(20)24)16-22-12-19-4-2-3-5-21(19)15-31-22/h2-5,10-13,15,17-18H,6-9,14,16H2,1H3,(H,32,34). The average Bonchev–Trinajstić information content (AvgIpc) is 3.29. The first-order chi connectivity index (χ1) is 17.4. The van der Waals surface area contributed by atoms with Crippen LogP contribution >= 0.6 is 27.5 Å². The van der Waals surface area contributed by atoms with E-state index in [0.29, 0.717) is 34.1 Å². The zero-order valence-corrected chi connectivity index (χ0v) is 22.3. The van der Waals surface area contributed by atoms with Crippen LogP contribution in [0.25, 0.3) is 21.7 Å². The van der Waals surface area contributed by atoms with Crippen molar-refractivity contribution in [2.45, 2.75) is 32.2 Å². The Hall–Kier alpha value is -2.90. The number of amides is 1. The summed E-state index contributed by atoms with van der Waals surface area (Å²) in [7, 11) is 1.43. The first kappa shape index (κ1) is 24.8. The number of halogens is 2. The molecule has 1 aliphatic carbocycles. The van der Waals surface area contributed by atoms with Crippen molar-refractivity contribution in [1.29, 1.82) is 0 Å². The maximum Gasteiger partial charge on any atom is 0.308 e. The summed E-state index contributed by atoms with van der Waals surface area (Å²) in [6, 6.07) is 14.1. The van der Waals surface area contributed by atoms with Crippen LogP contribution in [0.5, 0.6) is 0 Å². The lowest BCUT2D eigenvalue weighted by Crippen LogP contribution is -2.33. The summed E-state index contributed by atoms with van der Waals surface area (Å²) in [4.78, 5) is 29.9. The van der Waals surface area contributed by atoms with E-state index in [1.54, 1.807) is 0 Å². The van der Waals surface area contributed by atoms with Crippen LogP contribution in [-0.4, -0.2) is 35.1 Å². The molecule has 0 bridgehead atoms. The average molecular weight is 569 g/mol. The number of methoxy groups -OCH3 is 1. The molecule has 4 aromatic rings. The number of pyridine rings is 1. The SMILES string of the molecule is COC(=O)C1CCC(CNC(=O)c2c(Cl)c(Br)cc3ccn(Cc4cc5ccccc5cn4)c23)CC1. The summed E-state index contributed by atoms with van der Waals surface area (Å²) in [5, 5.41) is 6.63. The summed E-state index contributed by atoms with van der Waals surface area (Å²) in [5.74, 6) is -0.0479. The fourth-order valence-electron chi connectivity index (χ4n) is 5.14. The van der Waals surface area contributed by atoms with E-state index in [9.17, 15) is 9.59 Å². The highest BCUT2D eigenvalue weighted by atomic mass is 79.9. The van der Waals surface area contributed by atoms with Gasteiger partial charge in [-0.05, 0) is 71.1 Å². The van der Waals surface area contributed by atoms with E-state index in [1.165, 1.54) is 7.11 Å². The molecule has 8 heteroatoms. The summed E-state index contributed by atoms with van der Waals surface area (Å²) >= 11 is 10.2. The van der Waals surface area contributed by atoms with Crippen molar-refractivity contribution < 1.29 is 14.3 Å². The van der Waals surface area contributed by atoms with Crippen LogP contribution in [0, 0.1) is 11.8 Å². The fraction of sp³-hybridized carbons (Fsp3) is 0.321. The Labute approximate surface area is 223 Å². The van der Waals surface area contributed by atoms with Gasteiger partial charge in [-0.2, -0.15) is 0 Å². The van der Waals surface area contributed by atoms with E-state index in [0.717, 1.165) is 53.1 Å². The number of nitrogens with zero attached hydrogens (tertiary/aromatic N) is 2. The number of aromatic nitrogens is 2. The van der Waals surface area contributed by atoms with Gasteiger partial charge in [-0.1, -0.05) is 35.9 Å². The molecular formula is C28H27BrClN3O3. The highest BCUT2D eigenvalue weighted by Crippen LogP contribution is 2.35. The number of benzene rings is 2. The largest absolute Gasteiger partial charge is 0.469 e. The zero-order chi connectivity index (χ0) is 25.2. The zero-order valence-electron chi connectivity index (χ0n) is 20.0. The molecule has 1 fully saturated rings. The Bertz CT molecular complexity index is 1440. The van der Waals surface area contributed by atoms with Crippen LogP contribution in [-0.2, 0) is 16.1 Å². The molecule has 2 heterocycles. The molecular weight excluding hydrogens is 542 g/mol. The Kier molecular flexibility index (Phi) is 7.30. The smallest absolute Gasteiger partial charge is 0.308 e. The molecule has 2 aromatic carbocycles. The first-order valence-electron chi connectivity index (χ1n) is 12.1. The molecule has 0 unspecified atom stereocenters. The highest BCUT2D eigenvalue weighted by Gasteiger charge is 2.28. The third kappa shape index (κ3) is 5.00. The molecule has 0 saturated heterocycles. The Morgan fingerprint density at radius 3 is 2.61 bits per heavy atom. The number of hydrogen-bond acceptors (Lipinski definition) is 4. The van der Waals surface area contributed by atoms with Gasteiger partial charge in [0.25, 0.3) is 5.91 Å². The number of hydrogen-bond donors (Lipinski definition) is 1. The van der Waals surface area contributed by atoms with Gasteiger partial charge < -0.3 is 14.6 Å². The first-order valence-corrected chi connectivity index (χ1v) is 13.3. The van der Waals surface area contributed by atoms with Crippen LogP contribution < -0.4 is 5.32 Å². The van der Waals surface area contributed by atoms with Gasteiger partial charge in [-0.3, -0.25) is 14.6 Å². The fourth-order valence-corrected chi connectivity index (χ4v) is 5.82. The van der Waals surface area contributed by atoms with Crippen LogP contribution in [0.2, 0.25) is 5.02 Å². The van der Waals surface area contributed by atoms with Crippen molar-refractivity contribution >= 4 is 61.1 Å². The quantitative estimate of drug-likeness (QED) is 0.275. The molecule has 6 nitrogen and oxygen atoms in total. The van der Waals surface area contributed by atoms with E-state index in [1.807, 2.05) is 47.3 Å². The molecule has 0 aliphatic heterocycles. The maximum absolute atomic E-state index is 13.5. The number of fused-ring (bicyclic) bond motifs is 2. The summed E-state index contributed by atoms with van der Waals surface area (Å²) in [6.45, 7) is 1.06. The van der Waals surface area contributed by atoms with Crippen molar-refractivity contribution in [2.75, 3.05) is 13.7 Å². The molecule has 0 radical (unpaired) electrons. The molecule has 1 aliphatic rings. The van der Waals surface area contributed by atoms with E-state index >= 15 is 0 Å². The van der Waals surface area contributed by atoms with Crippen molar-refractivity contribution in [1.82, 2.24) is 14.9 Å². The van der Waals surface area contributed by atoms with E-state index in [2.05, 4.69) is 38.4 Å². The molecule has 5 rings (SSSR count). The normalized spacial score (nSPS) is 17.9. The number of nitrogens with one attached hydrogen (secondary N) is 1. The lowest BCUT2D eigenvalue weighted by Gasteiger charge is -2.27. The predicted molar refractivity (Wildman–Crippen MR) is 145 cm³/mol. The Morgan fingerprint density at radius 2 is 1.86 bits per heavy atom. The van der Waals surface area contributed by atoms with Gasteiger partial charge in [0.2, 0.25) is 0 Å². The van der Waals surface area contributed by atoms with Gasteiger partial charge >= 0.3 is 5.97 Å². The topological polar surface area (TPSA) is 73.2 Å². The number of ether oxygens (including phenoxy) is 1. The van der Waals surface area contributed by atoms with E-state index in [-0.39, 0.29) is 17.8 Å². The predicted octanol–water partition coefficient (Wildman–Crippen LogP) is 6.36. The highest BCUT2D eigenvalue weighted by molar-refractivity contribution is 9.10. The minimum Gasteiger partial charge on any atom is -0.469 e. The molecule has 2 aromatic heterocycles. The van der Waals surface area contributed by atoms with Crippen LogP contribution in [0.4, 0.5) is 0 Å². The maximum atomic E-state index is 13.5. The number of carbonyl (C=O) groups excluding carboxylic acids is 2. The number of esters is 1. The van der Waals surface area contributed by atoms with E-state index < -0.39 is 0 Å². The van der Waals surface area contributed by atoms with Crippen molar-refractivity contribution in [3.05, 3.63) is 75.6 Å². The minimum atomic E-state index is -0.201. The lowest BCUT2D eigenvalue weighted by atomic mass is 9.82. The third-order valence-electron chi connectivity index (χ3n) is 7.12. The van der Waals surface area contributed by atoms with Crippen molar-refractivity contribution in [3.8, 4) is 0 Å². The van der Waals surface area contributed by atoms with Crippen molar-refractivity contribution in [3.63, 3.8) is 0 Å². The van der Waals surface area contributed by atoms with Crippen LogP contribution in [0.3, 0.4) is 0 Å². The molecule has 36 heavy (non-hydrogen) atoms. The van der Waals surface area contributed by atoms with Crippen LogP contribution in [0.1, 0.15) is 41.7 Å². The summed E-state index contributed by atoms with van der Waals surface area (Å²) < 4.78 is 7.59. The Balaban J connectivity index is 1.37. The van der Waals surface area contributed by atoms with Gasteiger partial charge in [0.1, 0.15) is 0 Å². The van der Waals surface area contributed by atoms with Crippen molar-refractivity contribution in [2.24, 2.45) is 11.8 Å². The van der Waals surface area contributed by atoms with Gasteiger partial charge in [0, 0.05) is 34.2 Å². The summed E-state index contributed by atoms with van der Waals surface area (Å²) in [5.41, 5.74) is 2.14. The van der Waals surface area contributed by atoms with Gasteiger partial charge in [0.15, 0.2) is 0 Å².